The maximum Gasteiger partial charge on any atom is 0.304 e. The van der Waals surface area contributed by atoms with Crippen LogP contribution in [0.2, 0.25) is 0 Å². The minimum Gasteiger partial charge on any atom is -0.481 e. The summed E-state index contributed by atoms with van der Waals surface area (Å²) in [5.74, 6) is -2.11. The summed E-state index contributed by atoms with van der Waals surface area (Å²) in [5.41, 5.74) is -0.00772. The number of nitrogens with zero attached hydrogens (tertiary/aromatic N) is 1. The molecule has 0 spiro atoms. The van der Waals surface area contributed by atoms with Gasteiger partial charge in [-0.25, -0.2) is 8.78 Å². The summed E-state index contributed by atoms with van der Waals surface area (Å²) in [6.07, 6.45) is 1.89. The Kier molecular flexibility index (Phi) is 4.52. The molecule has 0 unspecified atom stereocenters. The van der Waals surface area contributed by atoms with Gasteiger partial charge in [0.25, 0.3) is 0 Å². The van der Waals surface area contributed by atoms with Gasteiger partial charge in [-0.15, -0.1) is 0 Å². The standard InChI is InChI=1S/C13H14BrF2NO2/c14-10-3-4-11(15)9(13(10)16)7-17(8-1-2-8)6-5-12(18)19/h3-4,8H,1-2,5-7H2,(H,18,19). The van der Waals surface area contributed by atoms with Crippen LogP contribution in [0, 0.1) is 11.6 Å². The van der Waals surface area contributed by atoms with Gasteiger partial charge in [-0.1, -0.05) is 0 Å². The van der Waals surface area contributed by atoms with Crippen molar-refractivity contribution in [2.24, 2.45) is 0 Å². The highest BCUT2D eigenvalue weighted by Gasteiger charge is 2.30. The van der Waals surface area contributed by atoms with E-state index in [-0.39, 0.29) is 29.0 Å². The number of carboxylic acids is 1. The average molecular weight is 334 g/mol. The third-order valence-electron chi connectivity index (χ3n) is 3.18. The van der Waals surface area contributed by atoms with Gasteiger partial charge < -0.3 is 5.11 Å². The Hall–Kier alpha value is -1.01. The molecule has 0 aromatic heterocycles. The van der Waals surface area contributed by atoms with E-state index in [1.54, 1.807) is 0 Å². The molecule has 1 aromatic rings. The zero-order valence-electron chi connectivity index (χ0n) is 10.2. The Morgan fingerprint density at radius 1 is 1.42 bits per heavy atom. The lowest BCUT2D eigenvalue weighted by molar-refractivity contribution is -0.137. The highest BCUT2D eigenvalue weighted by atomic mass is 79.9. The molecule has 0 heterocycles. The van der Waals surface area contributed by atoms with E-state index in [1.807, 2.05) is 4.90 Å². The lowest BCUT2D eigenvalue weighted by Gasteiger charge is -2.22. The van der Waals surface area contributed by atoms with Crippen LogP contribution < -0.4 is 0 Å². The number of benzene rings is 1. The predicted molar refractivity (Wildman–Crippen MR) is 69.7 cm³/mol. The second kappa shape index (κ2) is 5.96. The van der Waals surface area contributed by atoms with Gasteiger partial charge >= 0.3 is 5.97 Å². The zero-order chi connectivity index (χ0) is 14.0. The Balaban J connectivity index is 2.12. The highest BCUT2D eigenvalue weighted by molar-refractivity contribution is 9.10. The highest BCUT2D eigenvalue weighted by Crippen LogP contribution is 2.30. The Bertz CT molecular complexity index is 492. The first-order valence-electron chi connectivity index (χ1n) is 6.07. The summed E-state index contributed by atoms with van der Waals surface area (Å²) in [6.45, 7) is 0.417. The number of carboxylic acid groups (broad SMARTS) is 1. The molecule has 1 aromatic carbocycles. The first-order valence-corrected chi connectivity index (χ1v) is 6.86. The molecule has 0 amide bonds. The van der Waals surface area contributed by atoms with Crippen molar-refractivity contribution in [1.29, 1.82) is 0 Å². The van der Waals surface area contributed by atoms with Crippen LogP contribution in [0.15, 0.2) is 16.6 Å². The SMILES string of the molecule is O=C(O)CCN(Cc1c(F)ccc(Br)c1F)C1CC1. The molecular formula is C13H14BrF2NO2. The molecular weight excluding hydrogens is 320 g/mol. The van der Waals surface area contributed by atoms with E-state index in [0.29, 0.717) is 6.54 Å². The molecule has 0 radical (unpaired) electrons. The first kappa shape index (κ1) is 14.4. The summed E-state index contributed by atoms with van der Waals surface area (Å²) in [4.78, 5) is 12.4. The Morgan fingerprint density at radius 2 is 2.11 bits per heavy atom. The molecule has 1 N–H and O–H groups in total. The molecule has 0 saturated heterocycles. The van der Waals surface area contributed by atoms with Crippen molar-refractivity contribution in [2.45, 2.75) is 31.8 Å². The fourth-order valence-corrected chi connectivity index (χ4v) is 2.36. The van der Waals surface area contributed by atoms with Gasteiger partial charge in [-0.3, -0.25) is 9.69 Å². The summed E-state index contributed by atoms with van der Waals surface area (Å²) in [7, 11) is 0. The molecule has 2 rings (SSSR count). The van der Waals surface area contributed by atoms with Crippen LogP contribution in [-0.2, 0) is 11.3 Å². The van der Waals surface area contributed by atoms with Crippen LogP contribution in [0.25, 0.3) is 0 Å². The number of carbonyl (C=O) groups is 1. The van der Waals surface area contributed by atoms with Crippen LogP contribution >= 0.6 is 15.9 Å². The molecule has 1 saturated carbocycles. The fourth-order valence-electron chi connectivity index (χ4n) is 1.99. The van der Waals surface area contributed by atoms with Crippen molar-refractivity contribution in [3.63, 3.8) is 0 Å². The minimum absolute atomic E-state index is 0.00772. The predicted octanol–water partition coefficient (Wildman–Crippen LogP) is 3.17. The topological polar surface area (TPSA) is 40.5 Å². The third kappa shape index (κ3) is 3.73. The van der Waals surface area contributed by atoms with E-state index in [0.717, 1.165) is 12.8 Å². The lowest BCUT2D eigenvalue weighted by Crippen LogP contribution is -2.29. The second-order valence-electron chi connectivity index (χ2n) is 4.67. The molecule has 1 fully saturated rings. The average Bonchev–Trinajstić information content (AvgIpc) is 3.17. The van der Waals surface area contributed by atoms with Crippen LogP contribution in [0.1, 0.15) is 24.8 Å². The van der Waals surface area contributed by atoms with Gasteiger partial charge in [-0.2, -0.15) is 0 Å². The van der Waals surface area contributed by atoms with E-state index in [2.05, 4.69) is 15.9 Å². The van der Waals surface area contributed by atoms with E-state index in [9.17, 15) is 13.6 Å². The number of rotatable bonds is 6. The largest absolute Gasteiger partial charge is 0.481 e. The van der Waals surface area contributed by atoms with Gasteiger partial charge in [-0.05, 0) is 40.9 Å². The molecule has 0 atom stereocenters. The molecule has 19 heavy (non-hydrogen) atoms. The van der Waals surface area contributed by atoms with Crippen LogP contribution in [0.5, 0.6) is 0 Å². The van der Waals surface area contributed by atoms with Gasteiger partial charge in [0, 0.05) is 24.7 Å². The maximum atomic E-state index is 13.9. The maximum absolute atomic E-state index is 13.9. The molecule has 6 heteroatoms. The molecule has 1 aliphatic carbocycles. The number of hydrogen-bond acceptors (Lipinski definition) is 2. The van der Waals surface area contributed by atoms with Crippen molar-refractivity contribution in [3.8, 4) is 0 Å². The minimum atomic E-state index is -0.902. The van der Waals surface area contributed by atoms with Crippen molar-refractivity contribution < 1.29 is 18.7 Å². The quantitative estimate of drug-likeness (QED) is 0.813. The molecule has 104 valence electrons. The summed E-state index contributed by atoms with van der Waals surface area (Å²) >= 11 is 3.03. The second-order valence-corrected chi connectivity index (χ2v) is 5.52. The van der Waals surface area contributed by atoms with E-state index >= 15 is 0 Å². The lowest BCUT2D eigenvalue weighted by atomic mass is 10.1. The molecule has 1 aliphatic rings. The van der Waals surface area contributed by atoms with Crippen molar-refractivity contribution in [2.75, 3.05) is 6.54 Å². The summed E-state index contributed by atoms with van der Waals surface area (Å²) in [6, 6.07) is 2.79. The summed E-state index contributed by atoms with van der Waals surface area (Å²) < 4.78 is 27.8. The van der Waals surface area contributed by atoms with E-state index in [1.165, 1.54) is 12.1 Å². The monoisotopic (exact) mass is 333 g/mol. The van der Waals surface area contributed by atoms with E-state index in [4.69, 9.17) is 5.11 Å². The van der Waals surface area contributed by atoms with Gasteiger partial charge in [0.2, 0.25) is 0 Å². The van der Waals surface area contributed by atoms with E-state index < -0.39 is 17.6 Å². The molecule has 3 nitrogen and oxygen atoms in total. The zero-order valence-corrected chi connectivity index (χ0v) is 11.8. The summed E-state index contributed by atoms with van der Waals surface area (Å²) in [5, 5.41) is 8.70. The third-order valence-corrected chi connectivity index (χ3v) is 3.79. The van der Waals surface area contributed by atoms with Gasteiger partial charge in [0.05, 0.1) is 10.9 Å². The first-order chi connectivity index (χ1) is 8.99. The molecule has 0 aliphatic heterocycles. The van der Waals surface area contributed by atoms with Crippen LogP contribution in [-0.4, -0.2) is 28.6 Å². The van der Waals surface area contributed by atoms with Crippen molar-refractivity contribution in [3.05, 3.63) is 33.8 Å². The Labute approximate surface area is 118 Å². The number of hydrogen-bond donors (Lipinski definition) is 1. The van der Waals surface area contributed by atoms with Gasteiger partial charge in [0.15, 0.2) is 0 Å². The smallest absolute Gasteiger partial charge is 0.304 e. The van der Waals surface area contributed by atoms with Crippen LogP contribution in [0.4, 0.5) is 8.78 Å². The van der Waals surface area contributed by atoms with Gasteiger partial charge in [0.1, 0.15) is 11.6 Å². The Morgan fingerprint density at radius 3 is 2.68 bits per heavy atom. The fraction of sp³-hybridized carbons (Fsp3) is 0.462. The normalized spacial score (nSPS) is 14.9. The number of halogens is 3. The van der Waals surface area contributed by atoms with Crippen molar-refractivity contribution >= 4 is 21.9 Å². The number of aliphatic carboxylic acids is 1. The van der Waals surface area contributed by atoms with Crippen LogP contribution in [0.3, 0.4) is 0 Å². The molecule has 0 bridgehead atoms. The van der Waals surface area contributed by atoms with Crippen molar-refractivity contribution in [1.82, 2.24) is 4.90 Å².